The highest BCUT2D eigenvalue weighted by atomic mass is 32.1. The summed E-state index contributed by atoms with van der Waals surface area (Å²) in [6, 6.07) is 1.92. The Kier molecular flexibility index (Phi) is 3.78. The van der Waals surface area contributed by atoms with Crippen LogP contribution in [0.4, 0.5) is 8.78 Å². The fourth-order valence-electron chi connectivity index (χ4n) is 2.64. The van der Waals surface area contributed by atoms with Crippen LogP contribution in [-0.2, 0) is 18.4 Å². The smallest absolute Gasteiger partial charge is 0.260 e. The van der Waals surface area contributed by atoms with E-state index < -0.39 is 12.0 Å². The second-order valence-electron chi connectivity index (χ2n) is 6.95. The van der Waals surface area contributed by atoms with E-state index in [0.717, 1.165) is 19.3 Å². The highest BCUT2D eigenvalue weighted by Crippen LogP contribution is 2.42. The summed E-state index contributed by atoms with van der Waals surface area (Å²) in [4.78, 5) is 1.88. The molecule has 0 fully saturated rings. The van der Waals surface area contributed by atoms with Crippen molar-refractivity contribution in [3.05, 3.63) is 21.4 Å². The molecule has 0 saturated heterocycles. The van der Waals surface area contributed by atoms with Crippen molar-refractivity contribution in [2.75, 3.05) is 0 Å². The number of alkyl halides is 2. The summed E-state index contributed by atoms with van der Waals surface area (Å²) in [5, 5.41) is 0. The largest absolute Gasteiger partial charge is 0.316 e. The van der Waals surface area contributed by atoms with Crippen molar-refractivity contribution >= 4 is 11.3 Å². The number of aryl methyl sites for hydroxylation is 1. The maximum absolute atomic E-state index is 13.0. The Labute approximate surface area is 118 Å². The summed E-state index contributed by atoms with van der Waals surface area (Å²) in [7, 11) is 0. The minimum absolute atomic E-state index is 0.272. The SMILES string of the molecule is CC(C)(C)C1CCc2sc(C(C)(N)C(F)F)cc2C1. The molecular weight excluding hydrogens is 264 g/mol. The number of fused-ring (bicyclic) bond motifs is 1. The van der Waals surface area contributed by atoms with Crippen LogP contribution in [0.2, 0.25) is 0 Å². The van der Waals surface area contributed by atoms with Crippen LogP contribution in [0.1, 0.15) is 49.4 Å². The van der Waals surface area contributed by atoms with Crippen molar-refractivity contribution in [3.8, 4) is 0 Å². The Bertz CT molecular complexity index is 457. The van der Waals surface area contributed by atoms with Crippen molar-refractivity contribution in [2.24, 2.45) is 17.1 Å². The van der Waals surface area contributed by atoms with E-state index in [0.29, 0.717) is 10.8 Å². The van der Waals surface area contributed by atoms with Gasteiger partial charge in [0.25, 0.3) is 6.43 Å². The third kappa shape index (κ3) is 2.84. The lowest BCUT2D eigenvalue weighted by Gasteiger charge is -2.33. The minimum Gasteiger partial charge on any atom is -0.316 e. The van der Waals surface area contributed by atoms with Crippen LogP contribution in [0.5, 0.6) is 0 Å². The molecule has 4 heteroatoms. The predicted molar refractivity (Wildman–Crippen MR) is 76.8 cm³/mol. The van der Waals surface area contributed by atoms with Gasteiger partial charge in [-0.1, -0.05) is 20.8 Å². The molecule has 1 aromatic heterocycles. The molecule has 0 saturated carbocycles. The van der Waals surface area contributed by atoms with E-state index in [4.69, 9.17) is 5.73 Å². The van der Waals surface area contributed by atoms with Crippen LogP contribution in [0.3, 0.4) is 0 Å². The molecule has 1 aliphatic carbocycles. The lowest BCUT2D eigenvalue weighted by molar-refractivity contribution is 0.0644. The minimum atomic E-state index is -2.52. The fraction of sp³-hybridized carbons (Fsp3) is 0.733. The van der Waals surface area contributed by atoms with Crippen molar-refractivity contribution < 1.29 is 8.78 Å². The van der Waals surface area contributed by atoms with E-state index in [1.165, 1.54) is 28.7 Å². The molecule has 0 spiro atoms. The van der Waals surface area contributed by atoms with Crippen LogP contribution < -0.4 is 5.73 Å². The fourth-order valence-corrected chi connectivity index (χ4v) is 3.90. The number of rotatable bonds is 2. The highest BCUT2D eigenvalue weighted by Gasteiger charge is 2.36. The summed E-state index contributed by atoms with van der Waals surface area (Å²) in [5.41, 5.74) is 5.77. The Morgan fingerprint density at radius 3 is 2.47 bits per heavy atom. The Balaban J connectivity index is 2.27. The maximum Gasteiger partial charge on any atom is 0.260 e. The Morgan fingerprint density at radius 1 is 1.32 bits per heavy atom. The van der Waals surface area contributed by atoms with E-state index in [2.05, 4.69) is 20.8 Å². The molecule has 2 unspecified atom stereocenters. The second kappa shape index (κ2) is 4.81. The van der Waals surface area contributed by atoms with Crippen molar-refractivity contribution in [1.29, 1.82) is 0 Å². The van der Waals surface area contributed by atoms with Gasteiger partial charge >= 0.3 is 0 Å². The van der Waals surface area contributed by atoms with Crippen LogP contribution in [0.25, 0.3) is 0 Å². The van der Waals surface area contributed by atoms with Gasteiger partial charge in [-0.05, 0) is 49.1 Å². The van der Waals surface area contributed by atoms with E-state index in [-0.39, 0.29) is 5.41 Å². The molecule has 0 amide bonds. The molecule has 1 aromatic rings. The van der Waals surface area contributed by atoms with Crippen molar-refractivity contribution in [2.45, 2.75) is 58.9 Å². The number of hydrogen-bond donors (Lipinski definition) is 1. The first-order chi connectivity index (χ1) is 8.62. The van der Waals surface area contributed by atoms with Gasteiger partial charge in [0, 0.05) is 9.75 Å². The molecule has 1 nitrogen and oxygen atoms in total. The molecule has 0 aliphatic heterocycles. The van der Waals surface area contributed by atoms with Crippen molar-refractivity contribution in [1.82, 2.24) is 0 Å². The third-order valence-electron chi connectivity index (χ3n) is 4.29. The van der Waals surface area contributed by atoms with Crippen LogP contribution in [0, 0.1) is 11.3 Å². The molecular formula is C15H23F2NS. The zero-order valence-electron chi connectivity index (χ0n) is 12.1. The first kappa shape index (κ1) is 14.9. The number of halogens is 2. The van der Waals surface area contributed by atoms with Gasteiger partial charge in [0.1, 0.15) is 5.54 Å². The summed E-state index contributed by atoms with van der Waals surface area (Å²) < 4.78 is 26.0. The summed E-state index contributed by atoms with van der Waals surface area (Å²) in [5.74, 6) is 0.623. The lowest BCUT2D eigenvalue weighted by Crippen LogP contribution is -2.39. The van der Waals surface area contributed by atoms with Gasteiger partial charge in [0.15, 0.2) is 0 Å². The quantitative estimate of drug-likeness (QED) is 0.860. The zero-order chi connectivity index (χ0) is 14.4. The molecule has 2 N–H and O–H groups in total. The van der Waals surface area contributed by atoms with Crippen LogP contribution >= 0.6 is 11.3 Å². The molecule has 1 aliphatic rings. The molecule has 0 aromatic carbocycles. The molecule has 1 heterocycles. The maximum atomic E-state index is 13.0. The number of thiophene rings is 1. The number of hydrogen-bond acceptors (Lipinski definition) is 2. The lowest BCUT2D eigenvalue weighted by atomic mass is 9.72. The van der Waals surface area contributed by atoms with E-state index in [9.17, 15) is 8.78 Å². The molecule has 19 heavy (non-hydrogen) atoms. The van der Waals surface area contributed by atoms with Gasteiger partial charge in [-0.25, -0.2) is 8.78 Å². The zero-order valence-corrected chi connectivity index (χ0v) is 12.9. The third-order valence-corrected chi connectivity index (χ3v) is 5.78. The van der Waals surface area contributed by atoms with Gasteiger partial charge in [-0.15, -0.1) is 11.3 Å². The van der Waals surface area contributed by atoms with Gasteiger partial charge in [0.2, 0.25) is 0 Å². The average molecular weight is 287 g/mol. The first-order valence-electron chi connectivity index (χ1n) is 6.81. The van der Waals surface area contributed by atoms with Crippen LogP contribution in [0.15, 0.2) is 6.07 Å². The average Bonchev–Trinajstić information content (AvgIpc) is 2.70. The summed E-state index contributed by atoms with van der Waals surface area (Å²) in [6.07, 6.45) is 0.619. The molecule has 2 atom stereocenters. The highest BCUT2D eigenvalue weighted by molar-refractivity contribution is 7.12. The van der Waals surface area contributed by atoms with E-state index in [1.807, 2.05) is 6.07 Å². The van der Waals surface area contributed by atoms with Crippen LogP contribution in [-0.4, -0.2) is 6.43 Å². The van der Waals surface area contributed by atoms with Crippen molar-refractivity contribution in [3.63, 3.8) is 0 Å². The van der Waals surface area contributed by atoms with Gasteiger partial charge < -0.3 is 5.73 Å². The second-order valence-corrected chi connectivity index (χ2v) is 8.08. The van der Waals surface area contributed by atoms with Gasteiger partial charge in [-0.3, -0.25) is 0 Å². The Morgan fingerprint density at radius 2 is 1.95 bits per heavy atom. The normalized spacial score (nSPS) is 23.3. The standard InChI is InChI=1S/C15H23F2NS/c1-14(2,3)10-5-6-11-9(7-10)8-12(19-11)15(4,18)13(16)17/h8,10,13H,5-7,18H2,1-4H3. The Hall–Kier alpha value is -0.480. The van der Waals surface area contributed by atoms with E-state index >= 15 is 0 Å². The number of nitrogens with two attached hydrogens (primary N) is 1. The van der Waals surface area contributed by atoms with Gasteiger partial charge in [0.05, 0.1) is 0 Å². The van der Waals surface area contributed by atoms with Gasteiger partial charge in [-0.2, -0.15) is 0 Å². The molecule has 108 valence electrons. The summed E-state index contributed by atoms with van der Waals surface area (Å²) >= 11 is 1.48. The summed E-state index contributed by atoms with van der Waals surface area (Å²) in [6.45, 7) is 8.18. The molecule has 0 bridgehead atoms. The molecule has 2 rings (SSSR count). The van der Waals surface area contributed by atoms with E-state index in [1.54, 1.807) is 0 Å². The first-order valence-corrected chi connectivity index (χ1v) is 7.63. The molecule has 0 radical (unpaired) electrons. The topological polar surface area (TPSA) is 26.0 Å². The predicted octanol–water partition coefficient (Wildman–Crippen LogP) is 4.34. The monoisotopic (exact) mass is 287 g/mol.